The summed E-state index contributed by atoms with van der Waals surface area (Å²) in [5.74, 6) is -0.0811. The van der Waals surface area contributed by atoms with Gasteiger partial charge in [-0.05, 0) is 32.8 Å². The fourth-order valence-corrected chi connectivity index (χ4v) is 3.50. The van der Waals surface area contributed by atoms with Crippen LogP contribution >= 0.6 is 11.3 Å². The molecule has 0 radical (unpaired) electrons. The average molecular weight is 323 g/mol. The number of nitrogens with one attached hydrogen (secondary N) is 2. The van der Waals surface area contributed by atoms with Crippen LogP contribution in [0.4, 0.5) is 10.5 Å². The molecule has 0 bridgehead atoms. The minimum Gasteiger partial charge on any atom is -0.352 e. The van der Waals surface area contributed by atoms with Crippen LogP contribution in [0, 0.1) is 6.92 Å². The maximum Gasteiger partial charge on any atom is 0.321 e. The van der Waals surface area contributed by atoms with Crippen LogP contribution in [0.15, 0.2) is 6.07 Å². The van der Waals surface area contributed by atoms with Crippen molar-refractivity contribution in [3.63, 3.8) is 0 Å². The summed E-state index contributed by atoms with van der Waals surface area (Å²) in [7, 11) is 0. The highest BCUT2D eigenvalue weighted by atomic mass is 32.1. The number of carbonyl (C=O) groups is 2. The summed E-state index contributed by atoms with van der Waals surface area (Å²) < 4.78 is 0. The lowest BCUT2D eigenvalue weighted by Gasteiger charge is -2.25. The Balaban J connectivity index is 1.99. The summed E-state index contributed by atoms with van der Waals surface area (Å²) in [6.45, 7) is 6.06. The van der Waals surface area contributed by atoms with E-state index in [0.717, 1.165) is 36.5 Å². The molecule has 1 aromatic heterocycles. The molecule has 6 heteroatoms. The normalized spacial score (nSPS) is 15.8. The van der Waals surface area contributed by atoms with Gasteiger partial charge in [0.15, 0.2) is 0 Å². The maximum atomic E-state index is 12.4. The predicted molar refractivity (Wildman–Crippen MR) is 90.7 cm³/mol. The molecule has 22 heavy (non-hydrogen) atoms. The van der Waals surface area contributed by atoms with Crippen LogP contribution in [-0.2, 0) is 0 Å². The van der Waals surface area contributed by atoms with Crippen LogP contribution in [0.5, 0.6) is 0 Å². The van der Waals surface area contributed by atoms with Gasteiger partial charge in [-0.1, -0.05) is 19.3 Å². The summed E-state index contributed by atoms with van der Waals surface area (Å²) in [4.78, 5) is 27.8. The van der Waals surface area contributed by atoms with Crippen molar-refractivity contribution in [2.45, 2.75) is 46.0 Å². The average Bonchev–Trinajstić information content (AvgIpc) is 2.80. The first-order valence-electron chi connectivity index (χ1n) is 8.06. The number of thiophene rings is 1. The minimum absolute atomic E-state index is 0.0507. The van der Waals surface area contributed by atoms with E-state index < -0.39 is 0 Å². The van der Waals surface area contributed by atoms with Gasteiger partial charge in [0.05, 0.1) is 10.6 Å². The first-order chi connectivity index (χ1) is 10.6. The number of hydrogen-bond acceptors (Lipinski definition) is 3. The van der Waals surface area contributed by atoms with Gasteiger partial charge in [-0.2, -0.15) is 0 Å². The van der Waals surface area contributed by atoms with Crippen LogP contribution in [0.3, 0.4) is 0 Å². The molecule has 1 aliphatic heterocycles. The third-order valence-electron chi connectivity index (χ3n) is 3.86. The highest BCUT2D eigenvalue weighted by Gasteiger charge is 2.18. The molecule has 2 N–H and O–H groups in total. The first kappa shape index (κ1) is 16.8. The van der Waals surface area contributed by atoms with E-state index in [1.165, 1.54) is 30.6 Å². The molecular weight excluding hydrogens is 298 g/mol. The Morgan fingerprint density at radius 2 is 1.82 bits per heavy atom. The molecule has 3 amide bonds. The van der Waals surface area contributed by atoms with Crippen molar-refractivity contribution in [3.8, 4) is 0 Å². The molecule has 1 fully saturated rings. The largest absolute Gasteiger partial charge is 0.352 e. The fraction of sp³-hybridized carbons (Fsp3) is 0.625. The zero-order chi connectivity index (χ0) is 15.9. The van der Waals surface area contributed by atoms with E-state index in [4.69, 9.17) is 0 Å². The van der Waals surface area contributed by atoms with E-state index in [0.29, 0.717) is 11.4 Å². The lowest BCUT2D eigenvalue weighted by atomic mass is 10.1. The number of aryl methyl sites for hydroxylation is 1. The summed E-state index contributed by atoms with van der Waals surface area (Å²) >= 11 is 1.41. The molecule has 2 heterocycles. The standard InChI is InChI=1S/C16H25N3O2S/c1-3-17-15(20)14-11-13(12(2)22-14)18-16(21)19-9-7-5-4-6-8-10-19/h11H,3-10H2,1-2H3,(H,17,20)(H,18,21). The number of urea groups is 1. The molecule has 1 saturated heterocycles. The molecule has 0 aliphatic carbocycles. The lowest BCUT2D eigenvalue weighted by molar-refractivity contribution is 0.0960. The third-order valence-corrected chi connectivity index (χ3v) is 4.91. The number of amides is 3. The quantitative estimate of drug-likeness (QED) is 0.892. The summed E-state index contributed by atoms with van der Waals surface area (Å²) in [6, 6.07) is 1.72. The van der Waals surface area contributed by atoms with Crippen molar-refractivity contribution in [2.24, 2.45) is 0 Å². The Bertz CT molecular complexity index is 519. The van der Waals surface area contributed by atoms with E-state index >= 15 is 0 Å². The van der Waals surface area contributed by atoms with Crippen molar-refractivity contribution in [1.29, 1.82) is 0 Å². The highest BCUT2D eigenvalue weighted by molar-refractivity contribution is 7.14. The number of hydrogen-bond donors (Lipinski definition) is 2. The Morgan fingerprint density at radius 3 is 2.45 bits per heavy atom. The summed E-state index contributed by atoms with van der Waals surface area (Å²) in [6.07, 6.45) is 5.81. The minimum atomic E-state index is -0.0811. The second kappa shape index (κ2) is 8.17. The van der Waals surface area contributed by atoms with Gasteiger partial charge in [-0.15, -0.1) is 11.3 Å². The van der Waals surface area contributed by atoms with Gasteiger partial charge in [0.1, 0.15) is 0 Å². The number of rotatable bonds is 3. The Hall–Kier alpha value is -1.56. The monoisotopic (exact) mass is 323 g/mol. The van der Waals surface area contributed by atoms with Crippen molar-refractivity contribution < 1.29 is 9.59 Å². The highest BCUT2D eigenvalue weighted by Crippen LogP contribution is 2.26. The molecule has 5 nitrogen and oxygen atoms in total. The van der Waals surface area contributed by atoms with Crippen LogP contribution in [0.25, 0.3) is 0 Å². The van der Waals surface area contributed by atoms with Gasteiger partial charge in [-0.3, -0.25) is 4.79 Å². The molecule has 2 rings (SSSR count). The first-order valence-corrected chi connectivity index (χ1v) is 8.88. The smallest absolute Gasteiger partial charge is 0.321 e. The Labute approximate surface area is 136 Å². The summed E-state index contributed by atoms with van der Waals surface area (Å²) in [5.41, 5.74) is 0.748. The van der Waals surface area contributed by atoms with Crippen molar-refractivity contribution in [3.05, 3.63) is 15.8 Å². The topological polar surface area (TPSA) is 61.4 Å². The van der Waals surface area contributed by atoms with E-state index in [1.54, 1.807) is 6.07 Å². The second-order valence-corrected chi connectivity index (χ2v) is 6.88. The fourth-order valence-electron chi connectivity index (χ4n) is 2.61. The zero-order valence-corrected chi connectivity index (χ0v) is 14.2. The molecule has 0 atom stereocenters. The van der Waals surface area contributed by atoms with Crippen molar-refractivity contribution >= 4 is 29.0 Å². The third kappa shape index (κ3) is 4.47. The molecule has 1 aliphatic rings. The zero-order valence-electron chi connectivity index (χ0n) is 13.4. The molecule has 1 aromatic rings. The number of carbonyl (C=O) groups excluding carboxylic acids is 2. The Kier molecular flexibility index (Phi) is 6.24. The van der Waals surface area contributed by atoms with Crippen molar-refractivity contribution in [2.75, 3.05) is 25.0 Å². The molecule has 0 aromatic carbocycles. The van der Waals surface area contributed by atoms with Gasteiger partial charge in [0.2, 0.25) is 0 Å². The van der Waals surface area contributed by atoms with E-state index in [-0.39, 0.29) is 11.9 Å². The van der Waals surface area contributed by atoms with Gasteiger partial charge in [0.25, 0.3) is 5.91 Å². The van der Waals surface area contributed by atoms with Gasteiger partial charge < -0.3 is 15.5 Å². The molecule has 0 spiro atoms. The van der Waals surface area contributed by atoms with E-state index in [9.17, 15) is 9.59 Å². The predicted octanol–water partition coefficient (Wildman–Crippen LogP) is 3.60. The van der Waals surface area contributed by atoms with Crippen molar-refractivity contribution in [1.82, 2.24) is 10.2 Å². The lowest BCUT2D eigenvalue weighted by Crippen LogP contribution is -2.37. The molecular formula is C16H25N3O2S. The Morgan fingerprint density at radius 1 is 1.18 bits per heavy atom. The molecule has 0 unspecified atom stereocenters. The maximum absolute atomic E-state index is 12.4. The van der Waals surface area contributed by atoms with Crippen LogP contribution < -0.4 is 10.6 Å². The number of anilines is 1. The van der Waals surface area contributed by atoms with Crippen LogP contribution in [0.2, 0.25) is 0 Å². The second-order valence-electron chi connectivity index (χ2n) is 5.62. The van der Waals surface area contributed by atoms with Crippen LogP contribution in [-0.4, -0.2) is 36.5 Å². The van der Waals surface area contributed by atoms with Gasteiger partial charge >= 0.3 is 6.03 Å². The number of likely N-dealkylation sites (tertiary alicyclic amines) is 1. The number of nitrogens with zero attached hydrogens (tertiary/aromatic N) is 1. The summed E-state index contributed by atoms with van der Waals surface area (Å²) in [5, 5.41) is 5.75. The molecule has 0 saturated carbocycles. The van der Waals surface area contributed by atoms with Crippen LogP contribution in [0.1, 0.15) is 53.6 Å². The SMILES string of the molecule is CCNC(=O)c1cc(NC(=O)N2CCCCCCC2)c(C)s1. The molecule has 122 valence electrons. The van der Waals surface area contributed by atoms with E-state index in [2.05, 4.69) is 10.6 Å². The van der Waals surface area contributed by atoms with Gasteiger partial charge in [-0.25, -0.2) is 4.79 Å². The van der Waals surface area contributed by atoms with Gasteiger partial charge in [0, 0.05) is 24.5 Å². The van der Waals surface area contributed by atoms with E-state index in [1.807, 2.05) is 18.7 Å².